The van der Waals surface area contributed by atoms with Gasteiger partial charge in [-0.15, -0.1) is 0 Å². The van der Waals surface area contributed by atoms with E-state index in [4.69, 9.17) is 4.74 Å². The molecule has 2 nitrogen and oxygen atoms in total. The predicted molar refractivity (Wildman–Crippen MR) is 54.9 cm³/mol. The number of unbranched alkanes of at least 4 members (excludes halogenated alkanes) is 1. The zero-order chi connectivity index (χ0) is 9.97. The highest BCUT2D eigenvalue weighted by Crippen LogP contribution is 2.40. The molecule has 2 rings (SSSR count). The third-order valence-corrected chi connectivity index (χ3v) is 3.71. The molecule has 2 fully saturated rings. The lowest BCUT2D eigenvalue weighted by Gasteiger charge is -2.25. The van der Waals surface area contributed by atoms with Gasteiger partial charge in [0.1, 0.15) is 6.10 Å². The number of fused-ring (bicyclic) bond motifs is 1. The lowest BCUT2D eigenvalue weighted by atomic mass is 9.78. The maximum Gasteiger partial charge on any atom is 0.309 e. The van der Waals surface area contributed by atoms with E-state index in [1.165, 1.54) is 32.1 Å². The summed E-state index contributed by atoms with van der Waals surface area (Å²) in [6.45, 7) is 2.18. The second-order valence-corrected chi connectivity index (χ2v) is 4.67. The van der Waals surface area contributed by atoms with E-state index < -0.39 is 0 Å². The molecule has 0 aromatic rings. The molecule has 3 unspecified atom stereocenters. The lowest BCUT2D eigenvalue weighted by molar-refractivity contribution is -0.144. The number of esters is 1. The highest BCUT2D eigenvalue weighted by Gasteiger charge is 2.44. The molecule has 1 saturated heterocycles. The Bertz CT molecular complexity index is 212. The number of hydrogen-bond donors (Lipinski definition) is 0. The Hall–Kier alpha value is -0.530. The van der Waals surface area contributed by atoms with Crippen molar-refractivity contribution in [2.45, 2.75) is 58.0 Å². The molecule has 80 valence electrons. The first-order chi connectivity index (χ1) is 6.83. The molecule has 0 aromatic carbocycles. The average molecular weight is 196 g/mol. The lowest BCUT2D eigenvalue weighted by Crippen LogP contribution is -2.24. The van der Waals surface area contributed by atoms with E-state index in [0.717, 1.165) is 12.8 Å². The molecule has 0 N–H and O–H groups in total. The van der Waals surface area contributed by atoms with Crippen molar-refractivity contribution in [3.05, 3.63) is 0 Å². The topological polar surface area (TPSA) is 26.3 Å². The van der Waals surface area contributed by atoms with Crippen LogP contribution in [0.1, 0.15) is 51.9 Å². The van der Waals surface area contributed by atoms with Crippen molar-refractivity contribution in [1.29, 1.82) is 0 Å². The van der Waals surface area contributed by atoms with E-state index in [9.17, 15) is 4.79 Å². The molecule has 0 bridgehead atoms. The largest absolute Gasteiger partial charge is 0.462 e. The Kier molecular flexibility index (Phi) is 3.09. The summed E-state index contributed by atoms with van der Waals surface area (Å²) in [6, 6.07) is 0. The molecular weight excluding hydrogens is 176 g/mol. The summed E-state index contributed by atoms with van der Waals surface area (Å²) in [7, 11) is 0. The molecule has 1 aliphatic carbocycles. The van der Waals surface area contributed by atoms with Crippen LogP contribution in [-0.4, -0.2) is 12.1 Å². The highest BCUT2D eigenvalue weighted by molar-refractivity contribution is 5.75. The van der Waals surface area contributed by atoms with Gasteiger partial charge in [0.05, 0.1) is 5.92 Å². The van der Waals surface area contributed by atoms with E-state index in [2.05, 4.69) is 6.92 Å². The van der Waals surface area contributed by atoms with Gasteiger partial charge in [0, 0.05) is 5.92 Å². The number of rotatable bonds is 3. The first kappa shape index (κ1) is 10.0. The van der Waals surface area contributed by atoms with Crippen molar-refractivity contribution >= 4 is 5.97 Å². The summed E-state index contributed by atoms with van der Waals surface area (Å²) in [4.78, 5) is 11.6. The van der Waals surface area contributed by atoms with Gasteiger partial charge >= 0.3 is 5.97 Å². The minimum absolute atomic E-state index is 0.0929. The monoisotopic (exact) mass is 196 g/mol. The molecule has 1 heterocycles. The molecule has 1 aliphatic heterocycles. The van der Waals surface area contributed by atoms with Crippen LogP contribution in [0.3, 0.4) is 0 Å². The van der Waals surface area contributed by atoms with Crippen molar-refractivity contribution in [3.8, 4) is 0 Å². The van der Waals surface area contributed by atoms with Crippen LogP contribution >= 0.6 is 0 Å². The fraction of sp³-hybridized carbons (Fsp3) is 0.917. The molecule has 2 aliphatic rings. The first-order valence-electron chi connectivity index (χ1n) is 6.03. The van der Waals surface area contributed by atoms with Crippen molar-refractivity contribution in [1.82, 2.24) is 0 Å². The van der Waals surface area contributed by atoms with Gasteiger partial charge in [-0.1, -0.05) is 26.2 Å². The SMILES string of the molecule is CCCCC1C(=O)OC2CCCCC21. The maximum atomic E-state index is 11.6. The molecule has 0 radical (unpaired) electrons. The van der Waals surface area contributed by atoms with Gasteiger partial charge in [0.2, 0.25) is 0 Å². The third kappa shape index (κ3) is 1.79. The molecule has 0 spiro atoms. The average Bonchev–Trinajstić information content (AvgIpc) is 2.51. The van der Waals surface area contributed by atoms with Crippen LogP contribution < -0.4 is 0 Å². The van der Waals surface area contributed by atoms with Crippen LogP contribution in [0.4, 0.5) is 0 Å². The smallest absolute Gasteiger partial charge is 0.309 e. The summed E-state index contributed by atoms with van der Waals surface area (Å²) in [5.41, 5.74) is 0. The van der Waals surface area contributed by atoms with Crippen molar-refractivity contribution in [3.63, 3.8) is 0 Å². The van der Waals surface area contributed by atoms with E-state index >= 15 is 0 Å². The van der Waals surface area contributed by atoms with Crippen LogP contribution in [0.5, 0.6) is 0 Å². The van der Waals surface area contributed by atoms with Gasteiger partial charge in [-0.25, -0.2) is 0 Å². The number of carbonyl (C=O) groups is 1. The molecule has 3 atom stereocenters. The molecule has 2 heteroatoms. The summed E-state index contributed by atoms with van der Waals surface area (Å²) in [5.74, 6) is 0.887. The van der Waals surface area contributed by atoms with Gasteiger partial charge in [-0.2, -0.15) is 0 Å². The fourth-order valence-electron chi connectivity index (χ4n) is 2.90. The second-order valence-electron chi connectivity index (χ2n) is 4.67. The molecular formula is C12H20O2. The van der Waals surface area contributed by atoms with Gasteiger partial charge in [0.25, 0.3) is 0 Å². The maximum absolute atomic E-state index is 11.6. The van der Waals surface area contributed by atoms with Crippen LogP contribution in [-0.2, 0) is 9.53 Å². The summed E-state index contributed by atoms with van der Waals surface area (Å²) in [5, 5.41) is 0. The minimum Gasteiger partial charge on any atom is -0.462 e. The van der Waals surface area contributed by atoms with E-state index in [1.54, 1.807) is 0 Å². The second kappa shape index (κ2) is 4.33. The van der Waals surface area contributed by atoms with Gasteiger partial charge in [-0.05, 0) is 25.7 Å². The van der Waals surface area contributed by atoms with Crippen LogP contribution in [0.15, 0.2) is 0 Å². The number of ether oxygens (including phenoxy) is 1. The Morgan fingerprint density at radius 3 is 2.93 bits per heavy atom. The van der Waals surface area contributed by atoms with E-state index in [0.29, 0.717) is 5.92 Å². The Morgan fingerprint density at radius 1 is 1.36 bits per heavy atom. The highest BCUT2D eigenvalue weighted by atomic mass is 16.6. The van der Waals surface area contributed by atoms with Crippen LogP contribution in [0.25, 0.3) is 0 Å². The van der Waals surface area contributed by atoms with E-state index in [1.807, 2.05) is 0 Å². The first-order valence-corrected chi connectivity index (χ1v) is 6.03. The molecule has 0 amide bonds. The molecule has 0 aromatic heterocycles. The standard InChI is InChI=1S/C12H20O2/c1-2-3-6-10-9-7-4-5-8-11(9)14-12(10)13/h9-11H,2-8H2,1H3. The van der Waals surface area contributed by atoms with Crippen molar-refractivity contribution < 1.29 is 9.53 Å². The Morgan fingerprint density at radius 2 is 2.14 bits per heavy atom. The molecule has 14 heavy (non-hydrogen) atoms. The number of hydrogen-bond acceptors (Lipinski definition) is 2. The fourth-order valence-corrected chi connectivity index (χ4v) is 2.90. The van der Waals surface area contributed by atoms with E-state index in [-0.39, 0.29) is 18.0 Å². The normalized spacial score (nSPS) is 36.6. The van der Waals surface area contributed by atoms with Crippen LogP contribution in [0.2, 0.25) is 0 Å². The number of carbonyl (C=O) groups excluding carboxylic acids is 1. The van der Waals surface area contributed by atoms with Crippen molar-refractivity contribution in [2.24, 2.45) is 11.8 Å². The predicted octanol–water partition coefficient (Wildman–Crippen LogP) is 2.91. The quantitative estimate of drug-likeness (QED) is 0.649. The summed E-state index contributed by atoms with van der Waals surface area (Å²) >= 11 is 0. The third-order valence-electron chi connectivity index (χ3n) is 3.71. The Balaban J connectivity index is 1.96. The molecule has 1 saturated carbocycles. The minimum atomic E-state index is 0.0929. The zero-order valence-corrected chi connectivity index (χ0v) is 9.00. The zero-order valence-electron chi connectivity index (χ0n) is 9.00. The Labute approximate surface area is 86.0 Å². The summed E-state index contributed by atoms with van der Waals surface area (Å²) in [6.07, 6.45) is 8.54. The van der Waals surface area contributed by atoms with Gasteiger partial charge in [-0.3, -0.25) is 4.79 Å². The summed E-state index contributed by atoms with van der Waals surface area (Å²) < 4.78 is 5.44. The van der Waals surface area contributed by atoms with Gasteiger partial charge in [0.15, 0.2) is 0 Å². The van der Waals surface area contributed by atoms with Gasteiger partial charge < -0.3 is 4.74 Å². The van der Waals surface area contributed by atoms with Crippen LogP contribution in [0, 0.1) is 11.8 Å². The van der Waals surface area contributed by atoms with Crippen molar-refractivity contribution in [2.75, 3.05) is 0 Å².